The van der Waals surface area contributed by atoms with E-state index < -0.39 is 0 Å². The summed E-state index contributed by atoms with van der Waals surface area (Å²) in [5.74, 6) is -0.0439. The molecule has 0 N–H and O–H groups in total. The Morgan fingerprint density at radius 2 is 1.88 bits per heavy atom. The van der Waals surface area contributed by atoms with Gasteiger partial charge in [0.25, 0.3) is 0 Å². The molecule has 0 saturated heterocycles. The van der Waals surface area contributed by atoms with Crippen molar-refractivity contribution in [1.29, 1.82) is 0 Å². The number of carbonyl (C=O) groups excluding carboxylic acids is 1. The van der Waals surface area contributed by atoms with E-state index in [-0.39, 0.29) is 11.6 Å². The van der Waals surface area contributed by atoms with Gasteiger partial charge in [-0.15, -0.1) is 0 Å². The van der Waals surface area contributed by atoms with Crippen LogP contribution in [-0.4, -0.2) is 5.78 Å². The molecule has 0 unspecified atom stereocenters. The summed E-state index contributed by atoms with van der Waals surface area (Å²) in [7, 11) is 0. The predicted octanol–water partition coefficient (Wildman–Crippen LogP) is 4.13. The van der Waals surface area contributed by atoms with Gasteiger partial charge in [-0.3, -0.25) is 4.79 Å². The van der Waals surface area contributed by atoms with E-state index in [9.17, 15) is 9.18 Å². The van der Waals surface area contributed by atoms with Crippen LogP contribution < -0.4 is 0 Å². The van der Waals surface area contributed by atoms with Gasteiger partial charge in [-0.05, 0) is 37.0 Å². The second-order valence-corrected chi connectivity index (χ2v) is 4.51. The van der Waals surface area contributed by atoms with Crippen molar-refractivity contribution in [2.24, 2.45) is 0 Å². The molecule has 0 amide bonds. The molecule has 0 spiro atoms. The van der Waals surface area contributed by atoms with Crippen LogP contribution in [0.25, 0.3) is 5.57 Å². The van der Waals surface area contributed by atoms with Crippen molar-refractivity contribution in [3.05, 3.63) is 41.2 Å². The van der Waals surface area contributed by atoms with Crippen LogP contribution in [0.2, 0.25) is 0 Å². The third-order valence-electron chi connectivity index (χ3n) is 3.25. The zero-order valence-electron chi connectivity index (χ0n) is 10.1. The van der Waals surface area contributed by atoms with Crippen LogP contribution in [0, 0.1) is 5.82 Å². The Hall–Kier alpha value is -1.44. The Balaban J connectivity index is 2.31. The van der Waals surface area contributed by atoms with Crippen LogP contribution in [0.15, 0.2) is 29.8 Å². The first kappa shape index (κ1) is 12.0. The minimum atomic E-state index is -0.255. The number of ketones is 1. The Bertz CT molecular complexity index is 442. The van der Waals surface area contributed by atoms with Crippen LogP contribution in [0.5, 0.6) is 0 Å². The molecule has 0 saturated carbocycles. The molecule has 1 aliphatic carbocycles. The molecule has 0 heterocycles. The monoisotopic (exact) mass is 232 g/mol. The Morgan fingerprint density at radius 3 is 2.53 bits per heavy atom. The predicted molar refractivity (Wildman–Crippen MR) is 67.1 cm³/mol. The summed E-state index contributed by atoms with van der Waals surface area (Å²) < 4.78 is 12.9. The highest BCUT2D eigenvalue weighted by Gasteiger charge is 2.23. The zero-order valence-corrected chi connectivity index (χ0v) is 10.1. The Kier molecular flexibility index (Phi) is 3.72. The summed E-state index contributed by atoms with van der Waals surface area (Å²) in [6.45, 7) is 2.15. The quantitative estimate of drug-likeness (QED) is 0.762. The maximum atomic E-state index is 12.9. The average Bonchev–Trinajstić information content (AvgIpc) is 2.69. The second kappa shape index (κ2) is 5.26. The van der Waals surface area contributed by atoms with Crippen LogP contribution in [0.1, 0.15) is 44.6 Å². The summed E-state index contributed by atoms with van der Waals surface area (Å²) in [5.41, 5.74) is 2.97. The van der Waals surface area contributed by atoms with Gasteiger partial charge in [-0.2, -0.15) is 0 Å². The molecule has 1 aromatic rings. The molecule has 17 heavy (non-hydrogen) atoms. The van der Waals surface area contributed by atoms with Crippen molar-refractivity contribution in [1.82, 2.24) is 0 Å². The van der Waals surface area contributed by atoms with Crippen molar-refractivity contribution < 1.29 is 9.18 Å². The molecule has 0 bridgehead atoms. The molecular weight excluding hydrogens is 215 g/mol. The number of unbranched alkanes of at least 4 members (excludes halogenated alkanes) is 1. The molecule has 0 aliphatic heterocycles. The topological polar surface area (TPSA) is 17.1 Å². The van der Waals surface area contributed by atoms with E-state index in [2.05, 4.69) is 6.92 Å². The van der Waals surface area contributed by atoms with Crippen LogP contribution in [0.4, 0.5) is 4.39 Å². The van der Waals surface area contributed by atoms with Crippen molar-refractivity contribution in [2.45, 2.75) is 39.0 Å². The van der Waals surface area contributed by atoms with Crippen molar-refractivity contribution in [3.63, 3.8) is 0 Å². The minimum Gasteiger partial charge on any atom is -0.294 e. The third-order valence-corrected chi connectivity index (χ3v) is 3.25. The number of carbonyl (C=O) groups is 1. The highest BCUT2D eigenvalue weighted by molar-refractivity contribution is 6.23. The molecule has 0 fully saturated rings. The maximum Gasteiger partial charge on any atom is 0.163 e. The third kappa shape index (κ3) is 2.63. The van der Waals surface area contributed by atoms with E-state index in [0.29, 0.717) is 6.42 Å². The highest BCUT2D eigenvalue weighted by Crippen LogP contribution is 2.33. The molecule has 90 valence electrons. The lowest BCUT2D eigenvalue weighted by molar-refractivity contribution is -0.113. The van der Waals surface area contributed by atoms with Gasteiger partial charge in [0.2, 0.25) is 0 Å². The number of hydrogen-bond acceptors (Lipinski definition) is 1. The van der Waals surface area contributed by atoms with Gasteiger partial charge in [-0.25, -0.2) is 4.39 Å². The van der Waals surface area contributed by atoms with E-state index in [1.165, 1.54) is 17.7 Å². The number of benzene rings is 1. The summed E-state index contributed by atoms with van der Waals surface area (Å²) in [6.07, 6.45) is 4.74. The number of Topliss-reactive ketones (excluding diaryl/α,β-unsaturated/α-hetero) is 1. The van der Waals surface area contributed by atoms with Crippen LogP contribution in [0.3, 0.4) is 0 Å². The molecular formula is C15H17FO. The molecule has 2 heteroatoms. The molecule has 2 rings (SSSR count). The fourth-order valence-electron chi connectivity index (χ4n) is 2.33. The Labute approximate surface area is 101 Å². The molecule has 1 aromatic carbocycles. The standard InChI is InChI=1S/C15H17FO/c1-2-3-4-11-7-10-14(17)15(11)12-5-8-13(16)9-6-12/h5-6,8-9H,2-4,7,10H2,1H3. The van der Waals surface area contributed by atoms with Gasteiger partial charge in [0.05, 0.1) is 0 Å². The SMILES string of the molecule is CCCCC1=C(c2ccc(F)cc2)C(=O)CC1. The number of allylic oxidation sites excluding steroid dienone is 2. The molecule has 1 nitrogen and oxygen atoms in total. The summed E-state index contributed by atoms with van der Waals surface area (Å²) in [5, 5.41) is 0. The first-order chi connectivity index (χ1) is 8.22. The van der Waals surface area contributed by atoms with Gasteiger partial charge >= 0.3 is 0 Å². The first-order valence-corrected chi connectivity index (χ1v) is 6.23. The summed E-state index contributed by atoms with van der Waals surface area (Å²) in [4.78, 5) is 11.9. The smallest absolute Gasteiger partial charge is 0.163 e. The van der Waals surface area contributed by atoms with Crippen molar-refractivity contribution >= 4 is 11.4 Å². The second-order valence-electron chi connectivity index (χ2n) is 4.51. The highest BCUT2D eigenvalue weighted by atomic mass is 19.1. The van der Waals surface area contributed by atoms with E-state index in [0.717, 1.165) is 36.8 Å². The normalized spacial score (nSPS) is 15.8. The van der Waals surface area contributed by atoms with Crippen molar-refractivity contribution in [3.8, 4) is 0 Å². The number of halogens is 1. The van der Waals surface area contributed by atoms with E-state index >= 15 is 0 Å². The largest absolute Gasteiger partial charge is 0.294 e. The fourth-order valence-corrected chi connectivity index (χ4v) is 2.33. The lowest BCUT2D eigenvalue weighted by Gasteiger charge is -2.06. The maximum absolute atomic E-state index is 12.9. The van der Waals surface area contributed by atoms with Gasteiger partial charge in [-0.1, -0.05) is 31.1 Å². The van der Waals surface area contributed by atoms with Crippen LogP contribution >= 0.6 is 0 Å². The Morgan fingerprint density at radius 1 is 1.18 bits per heavy atom. The number of rotatable bonds is 4. The van der Waals surface area contributed by atoms with Gasteiger partial charge in [0.15, 0.2) is 5.78 Å². The van der Waals surface area contributed by atoms with Gasteiger partial charge < -0.3 is 0 Å². The molecule has 1 aliphatic rings. The summed E-state index contributed by atoms with van der Waals surface area (Å²) in [6, 6.07) is 6.26. The van der Waals surface area contributed by atoms with Crippen LogP contribution in [-0.2, 0) is 4.79 Å². The van der Waals surface area contributed by atoms with Crippen molar-refractivity contribution in [2.75, 3.05) is 0 Å². The molecule has 0 radical (unpaired) electrons. The molecule has 0 aromatic heterocycles. The van der Waals surface area contributed by atoms with Gasteiger partial charge in [0, 0.05) is 12.0 Å². The summed E-state index contributed by atoms with van der Waals surface area (Å²) >= 11 is 0. The minimum absolute atomic E-state index is 0.211. The lowest BCUT2D eigenvalue weighted by atomic mass is 9.98. The number of hydrogen-bond donors (Lipinski definition) is 0. The molecule has 0 atom stereocenters. The van der Waals surface area contributed by atoms with E-state index in [1.807, 2.05) is 0 Å². The lowest BCUT2D eigenvalue weighted by Crippen LogP contribution is -1.96. The first-order valence-electron chi connectivity index (χ1n) is 6.23. The van der Waals surface area contributed by atoms with E-state index in [4.69, 9.17) is 0 Å². The van der Waals surface area contributed by atoms with E-state index in [1.54, 1.807) is 12.1 Å². The zero-order chi connectivity index (χ0) is 12.3. The van der Waals surface area contributed by atoms with Gasteiger partial charge in [0.1, 0.15) is 5.82 Å². The fraction of sp³-hybridized carbons (Fsp3) is 0.400. The average molecular weight is 232 g/mol.